The molecular weight excluding hydrogens is 251 g/mol. The molecule has 6 heteroatoms. The molecule has 2 nitrogen and oxygen atoms in total. The third kappa shape index (κ3) is 6.86. The third-order valence-electron chi connectivity index (χ3n) is 1.30. The van der Waals surface area contributed by atoms with Gasteiger partial charge in [0.05, 0.1) is 0 Å². The van der Waals surface area contributed by atoms with E-state index in [9.17, 15) is 18.0 Å². The predicted octanol–water partition coefficient (Wildman–Crippen LogP) is 2.18. The smallest absolute Gasteiger partial charge is 0.344 e. The summed E-state index contributed by atoms with van der Waals surface area (Å²) in [5.41, 5.74) is 0. The van der Waals surface area contributed by atoms with Gasteiger partial charge < -0.3 is 4.90 Å². The van der Waals surface area contributed by atoms with Gasteiger partial charge in [0.15, 0.2) is 0 Å². The van der Waals surface area contributed by atoms with Gasteiger partial charge in [0.25, 0.3) is 0 Å². The van der Waals surface area contributed by atoms with Gasteiger partial charge in [0, 0.05) is 18.4 Å². The zero-order chi connectivity index (χ0) is 10.6. The van der Waals surface area contributed by atoms with Crippen LogP contribution in [-0.4, -0.2) is 35.4 Å². The van der Waals surface area contributed by atoms with Crippen LogP contribution in [-0.2, 0) is 4.79 Å². The maximum absolute atomic E-state index is 11.7. The molecule has 0 heterocycles. The largest absolute Gasteiger partial charge is 0.397 e. The number of amides is 1. The summed E-state index contributed by atoms with van der Waals surface area (Å²) in [5, 5.41) is 0. The van der Waals surface area contributed by atoms with Gasteiger partial charge in [0.2, 0.25) is 5.91 Å². The first-order valence-electron chi connectivity index (χ1n) is 3.67. The number of hydrogen-bond acceptors (Lipinski definition) is 1. The Morgan fingerprint density at radius 3 is 2.31 bits per heavy atom. The summed E-state index contributed by atoms with van der Waals surface area (Å²) >= 11 is 3.15. The molecule has 0 saturated carbocycles. The average Bonchev–Trinajstić information content (AvgIpc) is 1.81. The van der Waals surface area contributed by atoms with E-state index in [1.54, 1.807) is 6.92 Å². The van der Waals surface area contributed by atoms with E-state index in [1.165, 1.54) is 7.05 Å². The molecule has 0 aliphatic carbocycles. The molecule has 78 valence electrons. The van der Waals surface area contributed by atoms with Gasteiger partial charge in [-0.25, -0.2) is 0 Å². The summed E-state index contributed by atoms with van der Waals surface area (Å²) in [6, 6.07) is 0. The van der Waals surface area contributed by atoms with Gasteiger partial charge in [-0.05, 0) is 0 Å². The standard InChI is InChI=1S/C7H11BrF3NO/c1-5(8)4-12(2)6(13)3-7(9,10)11/h5H,3-4H2,1-2H3. The topological polar surface area (TPSA) is 20.3 Å². The van der Waals surface area contributed by atoms with E-state index in [2.05, 4.69) is 15.9 Å². The van der Waals surface area contributed by atoms with Crippen LogP contribution in [0.5, 0.6) is 0 Å². The van der Waals surface area contributed by atoms with Crippen molar-refractivity contribution >= 4 is 21.8 Å². The maximum Gasteiger partial charge on any atom is 0.397 e. The van der Waals surface area contributed by atoms with Gasteiger partial charge in [0.1, 0.15) is 6.42 Å². The minimum absolute atomic E-state index is 0.00492. The predicted molar refractivity (Wildman–Crippen MR) is 46.7 cm³/mol. The second kappa shape index (κ2) is 4.83. The lowest BCUT2D eigenvalue weighted by Crippen LogP contribution is -2.34. The highest BCUT2D eigenvalue weighted by atomic mass is 79.9. The van der Waals surface area contributed by atoms with Crippen LogP contribution in [0.1, 0.15) is 13.3 Å². The van der Waals surface area contributed by atoms with Gasteiger partial charge in [-0.15, -0.1) is 0 Å². The molecule has 0 aromatic carbocycles. The first-order chi connectivity index (χ1) is 5.72. The lowest BCUT2D eigenvalue weighted by atomic mass is 10.3. The van der Waals surface area contributed by atoms with Crippen molar-refractivity contribution in [3.63, 3.8) is 0 Å². The lowest BCUT2D eigenvalue weighted by molar-refractivity contribution is -0.160. The SMILES string of the molecule is CC(Br)CN(C)C(=O)CC(F)(F)F. The highest BCUT2D eigenvalue weighted by molar-refractivity contribution is 9.09. The number of carbonyl (C=O) groups excluding carboxylic acids is 1. The van der Waals surface area contributed by atoms with Crippen molar-refractivity contribution in [2.24, 2.45) is 0 Å². The molecule has 1 atom stereocenters. The zero-order valence-corrected chi connectivity index (χ0v) is 8.94. The van der Waals surface area contributed by atoms with E-state index in [-0.39, 0.29) is 11.4 Å². The second-order valence-corrected chi connectivity index (χ2v) is 4.41. The number of nitrogens with zero attached hydrogens (tertiary/aromatic N) is 1. The Labute approximate surface area is 83.2 Å². The Bertz CT molecular complexity index is 181. The van der Waals surface area contributed by atoms with Crippen LogP contribution in [0.2, 0.25) is 0 Å². The summed E-state index contributed by atoms with van der Waals surface area (Å²) in [5.74, 6) is -0.904. The average molecular weight is 262 g/mol. The van der Waals surface area contributed by atoms with Crippen molar-refractivity contribution in [3.8, 4) is 0 Å². The molecule has 0 rings (SSSR count). The molecule has 0 aromatic rings. The van der Waals surface area contributed by atoms with Crippen molar-refractivity contribution in [1.82, 2.24) is 4.90 Å². The molecule has 0 N–H and O–H groups in total. The fraction of sp³-hybridized carbons (Fsp3) is 0.857. The van der Waals surface area contributed by atoms with Crippen molar-refractivity contribution < 1.29 is 18.0 Å². The Hall–Kier alpha value is -0.260. The van der Waals surface area contributed by atoms with E-state index in [0.717, 1.165) is 4.90 Å². The minimum Gasteiger partial charge on any atom is -0.344 e. The van der Waals surface area contributed by atoms with Crippen molar-refractivity contribution in [2.75, 3.05) is 13.6 Å². The van der Waals surface area contributed by atoms with Crippen LogP contribution in [0.25, 0.3) is 0 Å². The van der Waals surface area contributed by atoms with E-state index in [4.69, 9.17) is 0 Å². The fourth-order valence-electron chi connectivity index (χ4n) is 0.786. The molecule has 0 aromatic heterocycles. The molecule has 0 bridgehead atoms. The summed E-state index contributed by atoms with van der Waals surface area (Å²) in [6.45, 7) is 2.03. The number of alkyl halides is 4. The molecule has 0 fully saturated rings. The Balaban J connectivity index is 3.97. The molecule has 1 amide bonds. The van der Waals surface area contributed by atoms with Crippen molar-refractivity contribution in [2.45, 2.75) is 24.3 Å². The van der Waals surface area contributed by atoms with E-state index >= 15 is 0 Å². The van der Waals surface area contributed by atoms with Crippen LogP contribution >= 0.6 is 15.9 Å². The first-order valence-corrected chi connectivity index (χ1v) is 4.58. The van der Waals surface area contributed by atoms with E-state index in [1.807, 2.05) is 0 Å². The number of carbonyl (C=O) groups is 1. The van der Waals surface area contributed by atoms with E-state index in [0.29, 0.717) is 0 Å². The number of rotatable bonds is 3. The van der Waals surface area contributed by atoms with Crippen LogP contribution in [0.15, 0.2) is 0 Å². The molecule has 0 aliphatic rings. The summed E-state index contributed by atoms with van der Waals surface area (Å²) in [7, 11) is 1.35. The first kappa shape index (κ1) is 12.7. The van der Waals surface area contributed by atoms with E-state index < -0.39 is 18.5 Å². The number of halogens is 4. The fourth-order valence-corrected chi connectivity index (χ4v) is 1.22. The molecule has 0 saturated heterocycles. The third-order valence-corrected chi connectivity index (χ3v) is 1.59. The summed E-state index contributed by atoms with van der Waals surface area (Å²) in [4.78, 5) is 11.9. The summed E-state index contributed by atoms with van der Waals surface area (Å²) in [6.07, 6.45) is -5.80. The zero-order valence-electron chi connectivity index (χ0n) is 7.36. The van der Waals surface area contributed by atoms with Crippen molar-refractivity contribution in [1.29, 1.82) is 0 Å². The van der Waals surface area contributed by atoms with Crippen LogP contribution in [0.4, 0.5) is 13.2 Å². The van der Waals surface area contributed by atoms with Crippen LogP contribution < -0.4 is 0 Å². The van der Waals surface area contributed by atoms with Crippen LogP contribution in [0, 0.1) is 0 Å². The molecule has 1 unspecified atom stereocenters. The second-order valence-electron chi connectivity index (χ2n) is 2.85. The van der Waals surface area contributed by atoms with Gasteiger partial charge in [-0.3, -0.25) is 4.79 Å². The normalized spacial score (nSPS) is 14.0. The van der Waals surface area contributed by atoms with Crippen molar-refractivity contribution in [3.05, 3.63) is 0 Å². The summed E-state index contributed by atoms with van der Waals surface area (Å²) < 4.78 is 35.2. The maximum atomic E-state index is 11.7. The molecule has 13 heavy (non-hydrogen) atoms. The van der Waals surface area contributed by atoms with Gasteiger partial charge >= 0.3 is 6.18 Å². The molecule has 0 radical (unpaired) electrons. The van der Waals surface area contributed by atoms with Crippen LogP contribution in [0.3, 0.4) is 0 Å². The monoisotopic (exact) mass is 261 g/mol. The Morgan fingerprint density at radius 1 is 1.54 bits per heavy atom. The molecule has 0 spiro atoms. The molecular formula is C7H11BrF3NO. The molecule has 0 aliphatic heterocycles. The quantitative estimate of drug-likeness (QED) is 0.714. The van der Waals surface area contributed by atoms with Gasteiger partial charge in [-0.1, -0.05) is 22.9 Å². The Morgan fingerprint density at radius 2 is 2.00 bits per heavy atom. The minimum atomic E-state index is -4.42. The lowest BCUT2D eigenvalue weighted by Gasteiger charge is -2.19. The highest BCUT2D eigenvalue weighted by Gasteiger charge is 2.32. The number of hydrogen-bond donors (Lipinski definition) is 0. The highest BCUT2D eigenvalue weighted by Crippen LogP contribution is 2.20. The van der Waals surface area contributed by atoms with Gasteiger partial charge in [-0.2, -0.15) is 13.2 Å². The Kier molecular flexibility index (Phi) is 4.74.